The van der Waals surface area contributed by atoms with Crippen molar-refractivity contribution in [2.45, 2.75) is 0 Å². The minimum absolute atomic E-state index is 0.0360. The number of hydrogen-bond acceptors (Lipinski definition) is 2. The molecule has 2 aromatic rings. The third-order valence-corrected chi connectivity index (χ3v) is 2.44. The number of nitriles is 1. The SMILES string of the molecule is N#Cc1ccc(-c2[c]ccc(C(=N)N)c2)cc1. The van der Waals surface area contributed by atoms with E-state index in [9.17, 15) is 0 Å². The number of benzene rings is 2. The van der Waals surface area contributed by atoms with E-state index in [4.69, 9.17) is 16.4 Å². The predicted molar refractivity (Wildman–Crippen MR) is 66.4 cm³/mol. The second-order valence-corrected chi connectivity index (χ2v) is 3.59. The number of nitrogens with two attached hydrogens (primary N) is 1. The van der Waals surface area contributed by atoms with Gasteiger partial charge in [0.15, 0.2) is 0 Å². The Hall–Kier alpha value is -2.60. The Labute approximate surface area is 99.6 Å². The zero-order valence-corrected chi connectivity index (χ0v) is 9.07. The Morgan fingerprint density at radius 3 is 2.53 bits per heavy atom. The third kappa shape index (κ3) is 2.32. The smallest absolute Gasteiger partial charge is 0.122 e. The molecule has 3 N–H and O–H groups in total. The van der Waals surface area contributed by atoms with Crippen molar-refractivity contribution in [1.29, 1.82) is 10.7 Å². The van der Waals surface area contributed by atoms with Crippen LogP contribution in [0.25, 0.3) is 11.1 Å². The van der Waals surface area contributed by atoms with E-state index < -0.39 is 0 Å². The molecule has 0 aliphatic carbocycles. The van der Waals surface area contributed by atoms with Gasteiger partial charge in [-0.3, -0.25) is 5.41 Å². The average Bonchev–Trinajstić information content (AvgIpc) is 2.39. The summed E-state index contributed by atoms with van der Waals surface area (Å²) in [7, 11) is 0. The standard InChI is InChI=1S/C14H10N3/c15-9-10-4-6-11(7-5-10)12-2-1-3-13(8-12)14(16)17/h1,3-8H,(H3,16,17). The monoisotopic (exact) mass is 220 g/mol. The molecule has 0 unspecified atom stereocenters. The first-order chi connectivity index (χ1) is 8.20. The fourth-order valence-corrected chi connectivity index (χ4v) is 1.53. The van der Waals surface area contributed by atoms with Crippen LogP contribution in [0.1, 0.15) is 11.1 Å². The van der Waals surface area contributed by atoms with Gasteiger partial charge in [0.1, 0.15) is 5.84 Å². The van der Waals surface area contributed by atoms with Gasteiger partial charge in [0, 0.05) is 5.56 Å². The lowest BCUT2D eigenvalue weighted by Gasteiger charge is -2.03. The first-order valence-corrected chi connectivity index (χ1v) is 5.07. The topological polar surface area (TPSA) is 73.7 Å². The highest BCUT2D eigenvalue weighted by atomic mass is 14.7. The summed E-state index contributed by atoms with van der Waals surface area (Å²) in [6.07, 6.45) is 0. The zero-order chi connectivity index (χ0) is 12.3. The van der Waals surface area contributed by atoms with Gasteiger partial charge in [-0.25, -0.2) is 0 Å². The maximum atomic E-state index is 8.71. The maximum Gasteiger partial charge on any atom is 0.122 e. The van der Waals surface area contributed by atoms with Crippen LogP contribution < -0.4 is 5.73 Å². The lowest BCUT2D eigenvalue weighted by molar-refractivity contribution is 1.42. The predicted octanol–water partition coefficient (Wildman–Crippen LogP) is 2.31. The molecular weight excluding hydrogens is 210 g/mol. The first kappa shape index (κ1) is 10.9. The highest BCUT2D eigenvalue weighted by molar-refractivity contribution is 5.96. The minimum atomic E-state index is 0.0360. The van der Waals surface area contributed by atoms with Gasteiger partial charge in [0.05, 0.1) is 11.6 Å². The Balaban J connectivity index is 2.42. The van der Waals surface area contributed by atoms with E-state index in [1.165, 1.54) is 0 Å². The van der Waals surface area contributed by atoms with Crippen LogP contribution in [0, 0.1) is 22.8 Å². The molecule has 17 heavy (non-hydrogen) atoms. The molecule has 0 saturated heterocycles. The summed E-state index contributed by atoms with van der Waals surface area (Å²) < 4.78 is 0. The van der Waals surface area contributed by atoms with Gasteiger partial charge >= 0.3 is 0 Å². The van der Waals surface area contributed by atoms with E-state index >= 15 is 0 Å². The van der Waals surface area contributed by atoms with Gasteiger partial charge in [-0.2, -0.15) is 5.26 Å². The summed E-state index contributed by atoms with van der Waals surface area (Å²) in [5, 5.41) is 16.1. The van der Waals surface area contributed by atoms with Gasteiger partial charge in [0.2, 0.25) is 0 Å². The van der Waals surface area contributed by atoms with Gasteiger partial charge in [-0.05, 0) is 35.4 Å². The van der Waals surface area contributed by atoms with Crippen molar-refractivity contribution in [3.63, 3.8) is 0 Å². The van der Waals surface area contributed by atoms with Crippen LogP contribution in [0.5, 0.6) is 0 Å². The van der Waals surface area contributed by atoms with E-state index in [1.54, 1.807) is 24.3 Å². The third-order valence-electron chi connectivity index (χ3n) is 2.44. The second kappa shape index (κ2) is 4.50. The number of nitrogen functional groups attached to an aromatic ring is 1. The van der Waals surface area contributed by atoms with E-state index in [-0.39, 0.29) is 5.84 Å². The van der Waals surface area contributed by atoms with Crippen LogP contribution in [-0.2, 0) is 0 Å². The normalized spacial score (nSPS) is 9.59. The summed E-state index contributed by atoms with van der Waals surface area (Å²) in [6, 6.07) is 17.7. The van der Waals surface area contributed by atoms with Crippen molar-refractivity contribution in [3.05, 3.63) is 59.7 Å². The fourth-order valence-electron chi connectivity index (χ4n) is 1.53. The van der Waals surface area contributed by atoms with Crippen molar-refractivity contribution in [2.24, 2.45) is 5.73 Å². The average molecular weight is 220 g/mol. The van der Waals surface area contributed by atoms with Crippen molar-refractivity contribution >= 4 is 5.84 Å². The van der Waals surface area contributed by atoms with Gasteiger partial charge in [0.25, 0.3) is 0 Å². The van der Waals surface area contributed by atoms with E-state index in [1.807, 2.05) is 18.2 Å². The molecule has 0 spiro atoms. The summed E-state index contributed by atoms with van der Waals surface area (Å²) in [5.41, 5.74) is 8.54. The second-order valence-electron chi connectivity index (χ2n) is 3.59. The molecule has 0 aromatic heterocycles. The van der Waals surface area contributed by atoms with Crippen LogP contribution in [0.3, 0.4) is 0 Å². The van der Waals surface area contributed by atoms with Gasteiger partial charge in [-0.1, -0.05) is 24.3 Å². The van der Waals surface area contributed by atoms with Crippen LogP contribution >= 0.6 is 0 Å². The van der Waals surface area contributed by atoms with E-state index in [0.717, 1.165) is 11.1 Å². The highest BCUT2D eigenvalue weighted by Crippen LogP contribution is 2.20. The molecular formula is C14H10N3. The molecule has 0 aliphatic heterocycles. The van der Waals surface area contributed by atoms with Crippen molar-refractivity contribution < 1.29 is 0 Å². The van der Waals surface area contributed by atoms with E-state index in [2.05, 4.69) is 12.1 Å². The molecule has 0 heterocycles. The number of hydrogen-bond donors (Lipinski definition) is 2. The molecule has 3 heteroatoms. The Kier molecular flexibility index (Phi) is 2.89. The minimum Gasteiger partial charge on any atom is -0.384 e. The summed E-state index contributed by atoms with van der Waals surface area (Å²) in [5.74, 6) is 0.0360. The molecule has 0 bridgehead atoms. The maximum absolute atomic E-state index is 8.71. The van der Waals surface area contributed by atoms with Crippen LogP contribution in [0.15, 0.2) is 42.5 Å². The lowest BCUT2D eigenvalue weighted by atomic mass is 10.0. The van der Waals surface area contributed by atoms with Crippen molar-refractivity contribution in [3.8, 4) is 17.2 Å². The first-order valence-electron chi connectivity index (χ1n) is 5.07. The Bertz CT molecular complexity index is 592. The van der Waals surface area contributed by atoms with Gasteiger partial charge < -0.3 is 5.73 Å². The van der Waals surface area contributed by atoms with Gasteiger partial charge in [-0.15, -0.1) is 0 Å². The Morgan fingerprint density at radius 1 is 1.24 bits per heavy atom. The number of nitrogens with one attached hydrogen (secondary N) is 1. The van der Waals surface area contributed by atoms with Crippen molar-refractivity contribution in [1.82, 2.24) is 0 Å². The molecule has 0 fully saturated rings. The van der Waals surface area contributed by atoms with Crippen LogP contribution in [0.2, 0.25) is 0 Å². The van der Waals surface area contributed by atoms with Crippen molar-refractivity contribution in [2.75, 3.05) is 0 Å². The largest absolute Gasteiger partial charge is 0.384 e. The fraction of sp³-hybridized carbons (Fsp3) is 0. The molecule has 1 radical (unpaired) electrons. The molecule has 0 saturated carbocycles. The van der Waals surface area contributed by atoms with Crippen LogP contribution in [-0.4, -0.2) is 5.84 Å². The molecule has 3 nitrogen and oxygen atoms in total. The zero-order valence-electron chi connectivity index (χ0n) is 9.07. The molecule has 81 valence electrons. The molecule has 0 amide bonds. The summed E-state index contributed by atoms with van der Waals surface area (Å²) in [6.45, 7) is 0. The summed E-state index contributed by atoms with van der Waals surface area (Å²) in [4.78, 5) is 0. The summed E-state index contributed by atoms with van der Waals surface area (Å²) >= 11 is 0. The number of amidine groups is 1. The quantitative estimate of drug-likeness (QED) is 0.602. The van der Waals surface area contributed by atoms with Crippen LogP contribution in [0.4, 0.5) is 0 Å². The molecule has 2 rings (SSSR count). The van der Waals surface area contributed by atoms with E-state index in [0.29, 0.717) is 11.1 Å². The Morgan fingerprint density at radius 2 is 1.94 bits per heavy atom. The highest BCUT2D eigenvalue weighted by Gasteiger charge is 2.01. The molecule has 2 aromatic carbocycles. The number of rotatable bonds is 2. The number of nitrogens with zero attached hydrogens (tertiary/aromatic N) is 1. The molecule has 0 aliphatic rings. The molecule has 0 atom stereocenters. The lowest BCUT2D eigenvalue weighted by Crippen LogP contribution is -2.10.